The van der Waals surface area contributed by atoms with E-state index in [0.717, 1.165) is 11.8 Å². The molecule has 7 heteroatoms. The minimum atomic E-state index is -1.58. The van der Waals surface area contributed by atoms with E-state index < -0.39 is 14.8 Å². The standard InChI is InChI=1S/C3H4Cl2N2O2S/c4-2-3(5,7(8)9)10-1-6-2/h2,6H,1H2. The fraction of sp³-hybridized carbons (Fsp3) is 1.00. The second-order valence-corrected chi connectivity index (χ2v) is 4.16. The normalized spacial score (nSPS) is 40.0. The van der Waals surface area contributed by atoms with Gasteiger partial charge in [0, 0.05) is 0 Å². The average molecular weight is 203 g/mol. The average Bonchev–Trinajstić information content (AvgIpc) is 2.15. The number of thioether (sulfide) groups is 1. The first-order valence-corrected chi connectivity index (χ1v) is 4.22. The fourth-order valence-corrected chi connectivity index (χ4v) is 2.03. The molecule has 1 aliphatic heterocycles. The van der Waals surface area contributed by atoms with E-state index in [1.807, 2.05) is 0 Å². The highest BCUT2D eigenvalue weighted by Crippen LogP contribution is 2.39. The van der Waals surface area contributed by atoms with Crippen molar-refractivity contribution in [2.24, 2.45) is 0 Å². The molecule has 0 aromatic carbocycles. The predicted octanol–water partition coefficient (Wildman–Crippen LogP) is 1.01. The Morgan fingerprint density at radius 3 is 2.70 bits per heavy atom. The molecule has 10 heavy (non-hydrogen) atoms. The summed E-state index contributed by atoms with van der Waals surface area (Å²) >= 11 is 12.0. The highest BCUT2D eigenvalue weighted by atomic mass is 35.5. The fourth-order valence-electron chi connectivity index (χ4n) is 0.560. The third kappa shape index (κ3) is 1.18. The van der Waals surface area contributed by atoms with Crippen LogP contribution in [0.3, 0.4) is 0 Å². The van der Waals surface area contributed by atoms with Crippen LogP contribution in [0.4, 0.5) is 0 Å². The van der Waals surface area contributed by atoms with Crippen LogP contribution < -0.4 is 5.32 Å². The van der Waals surface area contributed by atoms with E-state index >= 15 is 0 Å². The highest BCUT2D eigenvalue weighted by Gasteiger charge is 2.53. The Kier molecular flexibility index (Phi) is 2.29. The summed E-state index contributed by atoms with van der Waals surface area (Å²) in [7, 11) is 0. The molecule has 0 saturated carbocycles. The molecule has 58 valence electrons. The molecule has 1 N–H and O–H groups in total. The summed E-state index contributed by atoms with van der Waals surface area (Å²) in [5.74, 6) is 0.415. The number of nitro groups is 1. The summed E-state index contributed by atoms with van der Waals surface area (Å²) in [6.45, 7) is 0. The number of rotatable bonds is 1. The molecule has 0 radical (unpaired) electrons. The van der Waals surface area contributed by atoms with E-state index in [1.54, 1.807) is 0 Å². The van der Waals surface area contributed by atoms with Crippen LogP contribution in [0.2, 0.25) is 0 Å². The first kappa shape index (κ1) is 8.39. The monoisotopic (exact) mass is 202 g/mol. The van der Waals surface area contributed by atoms with Crippen LogP contribution >= 0.6 is 35.0 Å². The zero-order chi connectivity index (χ0) is 7.78. The van der Waals surface area contributed by atoms with Crippen molar-refractivity contribution in [1.29, 1.82) is 0 Å². The molecule has 1 saturated heterocycles. The van der Waals surface area contributed by atoms with Crippen LogP contribution in [-0.4, -0.2) is 20.6 Å². The lowest BCUT2D eigenvalue weighted by molar-refractivity contribution is -0.511. The Hall–Kier alpha value is 0.290. The van der Waals surface area contributed by atoms with Gasteiger partial charge in [0.05, 0.1) is 10.8 Å². The summed E-state index contributed by atoms with van der Waals surface area (Å²) in [6, 6.07) is 0. The summed E-state index contributed by atoms with van der Waals surface area (Å²) in [5.41, 5.74) is -0.797. The smallest absolute Gasteiger partial charge is 0.284 e. The Morgan fingerprint density at radius 2 is 2.50 bits per heavy atom. The van der Waals surface area contributed by atoms with Gasteiger partial charge in [-0.25, -0.2) is 0 Å². The molecule has 1 rings (SSSR count). The summed E-state index contributed by atoms with van der Waals surface area (Å²) < 4.78 is -1.58. The first-order chi connectivity index (χ1) is 4.57. The maximum absolute atomic E-state index is 10.3. The summed E-state index contributed by atoms with van der Waals surface area (Å²) in [6.07, 6.45) is 0. The summed E-state index contributed by atoms with van der Waals surface area (Å²) in [5, 5.41) is 12.9. The minimum Gasteiger partial charge on any atom is -0.284 e. The van der Waals surface area contributed by atoms with Crippen molar-refractivity contribution >= 4 is 35.0 Å². The van der Waals surface area contributed by atoms with Crippen LogP contribution in [0.5, 0.6) is 0 Å². The van der Waals surface area contributed by atoms with E-state index in [9.17, 15) is 10.1 Å². The molecule has 2 atom stereocenters. The van der Waals surface area contributed by atoms with Gasteiger partial charge in [0.25, 0.3) is 0 Å². The number of alkyl halides is 2. The van der Waals surface area contributed by atoms with Gasteiger partial charge in [0.1, 0.15) is 0 Å². The van der Waals surface area contributed by atoms with Crippen molar-refractivity contribution in [3.05, 3.63) is 10.1 Å². The van der Waals surface area contributed by atoms with Crippen molar-refractivity contribution in [1.82, 2.24) is 5.32 Å². The second kappa shape index (κ2) is 2.73. The molecule has 1 heterocycles. The number of halogens is 2. The van der Waals surface area contributed by atoms with Gasteiger partial charge in [0.15, 0.2) is 5.50 Å². The zero-order valence-electron chi connectivity index (χ0n) is 4.71. The number of nitrogens with one attached hydrogen (secondary N) is 1. The Balaban J connectivity index is 2.75. The molecular formula is C3H4Cl2N2O2S. The lowest BCUT2D eigenvalue weighted by atomic mass is 10.6. The van der Waals surface area contributed by atoms with Gasteiger partial charge < -0.3 is 0 Å². The molecule has 0 amide bonds. The molecule has 0 aliphatic carbocycles. The molecule has 0 aromatic rings. The summed E-state index contributed by atoms with van der Waals surface area (Å²) in [4.78, 5) is 9.68. The van der Waals surface area contributed by atoms with E-state index in [0.29, 0.717) is 5.88 Å². The van der Waals surface area contributed by atoms with E-state index in [2.05, 4.69) is 5.32 Å². The zero-order valence-corrected chi connectivity index (χ0v) is 7.04. The van der Waals surface area contributed by atoms with Gasteiger partial charge in [0.2, 0.25) is 0 Å². The van der Waals surface area contributed by atoms with Crippen molar-refractivity contribution < 1.29 is 4.92 Å². The Labute approximate surface area is 71.4 Å². The van der Waals surface area contributed by atoms with Gasteiger partial charge in [-0.1, -0.05) is 11.6 Å². The molecule has 2 unspecified atom stereocenters. The number of hydrogen-bond donors (Lipinski definition) is 1. The van der Waals surface area contributed by atoms with E-state index in [4.69, 9.17) is 23.2 Å². The largest absolute Gasteiger partial charge is 0.371 e. The number of hydrogen-bond acceptors (Lipinski definition) is 4. The van der Waals surface area contributed by atoms with Crippen LogP contribution in [0.25, 0.3) is 0 Å². The first-order valence-electron chi connectivity index (χ1n) is 2.42. The third-order valence-electron chi connectivity index (χ3n) is 1.10. The lowest BCUT2D eigenvalue weighted by Crippen LogP contribution is -2.38. The van der Waals surface area contributed by atoms with E-state index in [1.165, 1.54) is 0 Å². The Morgan fingerprint density at radius 1 is 1.90 bits per heavy atom. The molecular weight excluding hydrogens is 199 g/mol. The van der Waals surface area contributed by atoms with Gasteiger partial charge in [-0.15, -0.1) is 0 Å². The lowest BCUT2D eigenvalue weighted by Gasteiger charge is -2.12. The molecule has 0 spiro atoms. The van der Waals surface area contributed by atoms with Gasteiger partial charge in [-0.2, -0.15) is 0 Å². The van der Waals surface area contributed by atoms with E-state index in [-0.39, 0.29) is 0 Å². The van der Waals surface area contributed by atoms with Crippen LogP contribution in [0, 0.1) is 10.1 Å². The minimum absolute atomic E-state index is 0.415. The van der Waals surface area contributed by atoms with Crippen LogP contribution in [-0.2, 0) is 0 Å². The third-order valence-corrected chi connectivity index (χ3v) is 3.59. The van der Waals surface area contributed by atoms with Crippen molar-refractivity contribution in [2.45, 2.75) is 9.83 Å². The quantitative estimate of drug-likeness (QED) is 0.299. The predicted molar refractivity (Wildman–Crippen MR) is 40.8 cm³/mol. The van der Waals surface area contributed by atoms with Gasteiger partial charge in [-0.3, -0.25) is 15.4 Å². The SMILES string of the molecule is O=[N+]([O-])C1(Cl)SCNC1Cl. The van der Waals surface area contributed by atoms with Crippen molar-refractivity contribution in [2.75, 3.05) is 5.88 Å². The highest BCUT2D eigenvalue weighted by molar-refractivity contribution is 8.02. The molecule has 1 fully saturated rings. The van der Waals surface area contributed by atoms with Crippen molar-refractivity contribution in [3.63, 3.8) is 0 Å². The number of nitrogens with zero attached hydrogens (tertiary/aromatic N) is 1. The topological polar surface area (TPSA) is 55.2 Å². The van der Waals surface area contributed by atoms with Crippen LogP contribution in [0.1, 0.15) is 0 Å². The van der Waals surface area contributed by atoms with Gasteiger partial charge in [-0.05, 0) is 23.4 Å². The Bertz CT molecular complexity index is 169. The van der Waals surface area contributed by atoms with Crippen LogP contribution in [0.15, 0.2) is 0 Å². The maximum atomic E-state index is 10.3. The van der Waals surface area contributed by atoms with Gasteiger partial charge >= 0.3 is 4.33 Å². The van der Waals surface area contributed by atoms with Crippen molar-refractivity contribution in [3.8, 4) is 0 Å². The maximum Gasteiger partial charge on any atom is 0.371 e. The molecule has 1 aliphatic rings. The molecule has 0 aromatic heterocycles. The molecule has 4 nitrogen and oxygen atoms in total. The molecule has 0 bridgehead atoms. The second-order valence-electron chi connectivity index (χ2n) is 1.72.